The second-order valence-corrected chi connectivity index (χ2v) is 6.62. The fourth-order valence-corrected chi connectivity index (χ4v) is 3.44. The Labute approximate surface area is 156 Å². The normalized spacial score (nSPS) is 17.2. The highest BCUT2D eigenvalue weighted by molar-refractivity contribution is 5.94. The number of aromatic nitrogens is 6. The Balaban J connectivity index is 1.45. The smallest absolute Gasteiger partial charge is 0.253 e. The summed E-state index contributed by atoms with van der Waals surface area (Å²) < 4.78 is 3.29. The lowest BCUT2D eigenvalue weighted by Crippen LogP contribution is -2.39. The lowest BCUT2D eigenvalue weighted by atomic mass is 9.94. The van der Waals surface area contributed by atoms with E-state index in [9.17, 15) is 4.79 Å². The number of rotatable bonds is 5. The summed E-state index contributed by atoms with van der Waals surface area (Å²) in [5.41, 5.74) is 2.44. The van der Waals surface area contributed by atoms with Crippen LogP contribution in [0, 0.1) is 0 Å². The highest BCUT2D eigenvalue weighted by Crippen LogP contribution is 2.26. The van der Waals surface area contributed by atoms with E-state index in [0.29, 0.717) is 18.7 Å². The zero-order chi connectivity index (χ0) is 18.6. The number of hydrogen-bond acceptors (Lipinski definition) is 6. The molecule has 0 aliphatic carbocycles. The van der Waals surface area contributed by atoms with Gasteiger partial charge in [0.15, 0.2) is 0 Å². The van der Waals surface area contributed by atoms with Crippen molar-refractivity contribution in [1.29, 1.82) is 0 Å². The molecule has 1 amide bonds. The van der Waals surface area contributed by atoms with E-state index in [-0.39, 0.29) is 18.4 Å². The third-order valence-electron chi connectivity index (χ3n) is 4.85. The molecule has 1 fully saturated rings. The van der Waals surface area contributed by atoms with Crippen LogP contribution in [0.3, 0.4) is 0 Å². The zero-order valence-electron chi connectivity index (χ0n) is 14.8. The van der Waals surface area contributed by atoms with Crippen LogP contribution in [0.5, 0.6) is 0 Å². The van der Waals surface area contributed by atoms with Gasteiger partial charge in [0.1, 0.15) is 6.33 Å². The minimum absolute atomic E-state index is 0.0257. The summed E-state index contributed by atoms with van der Waals surface area (Å²) in [7, 11) is 0. The predicted molar refractivity (Wildman–Crippen MR) is 96.3 cm³/mol. The summed E-state index contributed by atoms with van der Waals surface area (Å²) in [6.45, 7) is 1.96. The van der Waals surface area contributed by atoms with Gasteiger partial charge in [-0.2, -0.15) is 5.10 Å². The van der Waals surface area contributed by atoms with Crippen LogP contribution in [0.4, 0.5) is 0 Å². The molecule has 3 heterocycles. The van der Waals surface area contributed by atoms with Gasteiger partial charge in [0.25, 0.3) is 5.91 Å². The van der Waals surface area contributed by atoms with E-state index in [1.165, 1.54) is 6.33 Å². The Morgan fingerprint density at radius 2 is 2.07 bits per heavy atom. The van der Waals surface area contributed by atoms with Gasteiger partial charge in [0.2, 0.25) is 0 Å². The van der Waals surface area contributed by atoms with E-state index in [2.05, 4.69) is 20.6 Å². The number of amides is 1. The molecule has 9 heteroatoms. The second-order valence-electron chi connectivity index (χ2n) is 6.62. The van der Waals surface area contributed by atoms with E-state index < -0.39 is 0 Å². The van der Waals surface area contributed by atoms with Gasteiger partial charge in [-0.3, -0.25) is 9.48 Å². The molecule has 1 N–H and O–H groups in total. The molecule has 9 nitrogen and oxygen atoms in total. The zero-order valence-corrected chi connectivity index (χ0v) is 14.8. The first-order valence-corrected chi connectivity index (χ1v) is 9.01. The molecule has 27 heavy (non-hydrogen) atoms. The molecule has 0 spiro atoms. The molecule has 1 aliphatic rings. The monoisotopic (exact) mass is 367 g/mol. The van der Waals surface area contributed by atoms with Crippen molar-refractivity contribution in [2.75, 3.05) is 19.7 Å². The highest BCUT2D eigenvalue weighted by Gasteiger charge is 2.26. The van der Waals surface area contributed by atoms with E-state index in [1.807, 2.05) is 29.3 Å². The van der Waals surface area contributed by atoms with Crippen LogP contribution < -0.4 is 0 Å². The van der Waals surface area contributed by atoms with Crippen molar-refractivity contribution in [3.63, 3.8) is 0 Å². The van der Waals surface area contributed by atoms with Gasteiger partial charge in [-0.05, 0) is 53.6 Å². The molecule has 1 aliphatic heterocycles. The summed E-state index contributed by atoms with van der Waals surface area (Å²) in [5, 5.41) is 24.6. The molecule has 1 atom stereocenters. The minimum atomic E-state index is 0.0257. The summed E-state index contributed by atoms with van der Waals surface area (Å²) in [6.07, 6.45) is 5.36. The number of piperidine rings is 1. The van der Waals surface area contributed by atoms with Crippen molar-refractivity contribution >= 4 is 5.91 Å². The molecule has 0 radical (unpaired) electrons. The summed E-state index contributed by atoms with van der Waals surface area (Å²) in [4.78, 5) is 14.8. The van der Waals surface area contributed by atoms with Crippen molar-refractivity contribution in [3.05, 3.63) is 54.1 Å². The molecule has 140 valence electrons. The van der Waals surface area contributed by atoms with E-state index in [0.717, 1.165) is 30.8 Å². The van der Waals surface area contributed by atoms with Gasteiger partial charge in [0, 0.05) is 30.8 Å². The Kier molecular flexibility index (Phi) is 4.93. The van der Waals surface area contributed by atoms with Crippen LogP contribution in [0.25, 0.3) is 5.69 Å². The topological polar surface area (TPSA) is 102 Å². The number of likely N-dealkylation sites (tertiary alicyclic amines) is 1. The molecule has 2 aromatic heterocycles. The van der Waals surface area contributed by atoms with E-state index in [4.69, 9.17) is 5.11 Å². The maximum absolute atomic E-state index is 12.9. The average Bonchev–Trinajstić information content (AvgIpc) is 3.40. The highest BCUT2D eigenvalue weighted by atomic mass is 16.3. The molecular formula is C18H21N7O2. The van der Waals surface area contributed by atoms with Crippen molar-refractivity contribution in [3.8, 4) is 5.69 Å². The van der Waals surface area contributed by atoms with Crippen molar-refractivity contribution < 1.29 is 9.90 Å². The molecule has 4 rings (SSSR count). The number of aliphatic hydroxyl groups excluding tert-OH is 1. The number of carbonyl (C=O) groups is 1. The molecule has 0 unspecified atom stereocenters. The van der Waals surface area contributed by atoms with Crippen LogP contribution in [-0.2, 0) is 6.54 Å². The third kappa shape index (κ3) is 3.72. The first-order chi connectivity index (χ1) is 13.2. The maximum Gasteiger partial charge on any atom is 0.253 e. The molecule has 1 saturated heterocycles. The van der Waals surface area contributed by atoms with Crippen LogP contribution in [-0.4, -0.2) is 65.6 Å². The van der Waals surface area contributed by atoms with Crippen LogP contribution >= 0.6 is 0 Å². The van der Waals surface area contributed by atoms with Crippen LogP contribution in [0.2, 0.25) is 0 Å². The standard InChI is InChI=1S/C18H21N7O2/c26-11-10-24-9-7-17(20-24)15-2-1-8-23(12-15)18(27)14-3-5-16(6-4-14)25-13-19-21-22-25/h3-7,9,13,15,26H,1-2,8,10-12H2/t15-/m0/s1. The van der Waals surface area contributed by atoms with Gasteiger partial charge in [-0.25, -0.2) is 4.68 Å². The maximum atomic E-state index is 12.9. The van der Waals surface area contributed by atoms with E-state index >= 15 is 0 Å². The number of carbonyl (C=O) groups excluding carboxylic acids is 1. The fourth-order valence-electron chi connectivity index (χ4n) is 3.44. The first-order valence-electron chi connectivity index (χ1n) is 9.01. The van der Waals surface area contributed by atoms with Crippen molar-refractivity contribution in [2.24, 2.45) is 0 Å². The van der Waals surface area contributed by atoms with Crippen molar-refractivity contribution in [1.82, 2.24) is 34.9 Å². The summed E-state index contributed by atoms with van der Waals surface area (Å²) in [5.74, 6) is 0.251. The second kappa shape index (κ2) is 7.67. The number of aliphatic hydroxyl groups is 1. The quantitative estimate of drug-likeness (QED) is 0.718. The molecular weight excluding hydrogens is 346 g/mol. The van der Waals surface area contributed by atoms with Gasteiger partial charge in [-0.1, -0.05) is 0 Å². The SMILES string of the molecule is O=C(c1ccc(-n2cnnn2)cc1)N1CCC[C@H](c2ccn(CCO)n2)C1. The number of tetrazole rings is 1. The van der Waals surface area contributed by atoms with Gasteiger partial charge in [-0.15, -0.1) is 5.10 Å². The fraction of sp³-hybridized carbons (Fsp3) is 0.389. The summed E-state index contributed by atoms with van der Waals surface area (Å²) >= 11 is 0. The van der Waals surface area contributed by atoms with Gasteiger partial charge < -0.3 is 10.0 Å². The molecule has 0 saturated carbocycles. The van der Waals surface area contributed by atoms with Crippen LogP contribution in [0.15, 0.2) is 42.9 Å². The Morgan fingerprint density at radius 1 is 1.22 bits per heavy atom. The van der Waals surface area contributed by atoms with Gasteiger partial charge in [0.05, 0.1) is 24.5 Å². The average molecular weight is 367 g/mol. The summed E-state index contributed by atoms with van der Waals surface area (Å²) in [6, 6.07) is 9.26. The van der Waals surface area contributed by atoms with Crippen molar-refractivity contribution in [2.45, 2.75) is 25.3 Å². The first kappa shape index (κ1) is 17.3. The Morgan fingerprint density at radius 3 is 2.81 bits per heavy atom. The number of benzene rings is 1. The molecule has 0 bridgehead atoms. The number of nitrogens with zero attached hydrogens (tertiary/aromatic N) is 7. The lowest BCUT2D eigenvalue weighted by molar-refractivity contribution is 0.0705. The predicted octanol–water partition coefficient (Wildman–Crippen LogP) is 0.871. The third-order valence-corrected chi connectivity index (χ3v) is 4.85. The lowest BCUT2D eigenvalue weighted by Gasteiger charge is -2.32. The van der Waals surface area contributed by atoms with Crippen LogP contribution in [0.1, 0.15) is 34.8 Å². The largest absolute Gasteiger partial charge is 0.394 e. The molecule has 3 aromatic rings. The van der Waals surface area contributed by atoms with Gasteiger partial charge >= 0.3 is 0 Å². The number of hydrogen-bond donors (Lipinski definition) is 1. The Bertz CT molecular complexity index is 889. The van der Waals surface area contributed by atoms with E-state index in [1.54, 1.807) is 21.5 Å². The molecule has 1 aromatic carbocycles. The minimum Gasteiger partial charge on any atom is -0.394 e. The Hall–Kier alpha value is -3.07.